The molecule has 4 aromatic rings. The summed E-state index contributed by atoms with van der Waals surface area (Å²) in [5, 5.41) is 5.17. The van der Waals surface area contributed by atoms with Crippen LogP contribution in [0.4, 0.5) is 18.9 Å². The highest BCUT2D eigenvalue weighted by Crippen LogP contribution is 2.37. The Balaban J connectivity index is 1.37. The topological polar surface area (TPSA) is 113 Å². The van der Waals surface area contributed by atoms with Crippen LogP contribution in [0.2, 0.25) is 0 Å². The molecule has 3 N–H and O–H groups in total. The molecule has 0 radical (unpaired) electrons. The molecule has 5 rings (SSSR count). The van der Waals surface area contributed by atoms with Gasteiger partial charge in [0.2, 0.25) is 5.91 Å². The number of hydrogen-bond acceptors (Lipinski definition) is 4. The lowest BCUT2D eigenvalue weighted by Gasteiger charge is -2.22. The van der Waals surface area contributed by atoms with Crippen molar-refractivity contribution in [3.63, 3.8) is 0 Å². The monoisotopic (exact) mass is 690 g/mol. The molecule has 0 aliphatic heterocycles. The molecule has 0 fully saturated rings. The van der Waals surface area contributed by atoms with Gasteiger partial charge in [-0.15, -0.1) is 0 Å². The van der Waals surface area contributed by atoms with E-state index in [2.05, 4.69) is 10.6 Å². The summed E-state index contributed by atoms with van der Waals surface area (Å²) < 4.78 is 73.6. The van der Waals surface area contributed by atoms with Gasteiger partial charge in [0, 0.05) is 24.9 Å². The number of nitrogens with one attached hydrogen (secondary N) is 2. The van der Waals surface area contributed by atoms with Crippen LogP contribution >= 0.6 is 0 Å². The third-order valence-electron chi connectivity index (χ3n) is 8.63. The molecule has 0 heterocycles. The van der Waals surface area contributed by atoms with E-state index < -0.39 is 45.3 Å². The average Bonchev–Trinajstić information content (AvgIpc) is 3.04. The Morgan fingerprint density at radius 2 is 1.61 bits per heavy atom. The molecule has 49 heavy (non-hydrogen) atoms. The van der Waals surface area contributed by atoms with E-state index >= 15 is 4.39 Å². The molecular formula is C38H37F3N2O5S. The van der Waals surface area contributed by atoms with Gasteiger partial charge in [-0.2, -0.15) is 8.42 Å². The molecule has 1 aliphatic rings. The second kappa shape index (κ2) is 14.8. The van der Waals surface area contributed by atoms with Gasteiger partial charge in [-0.1, -0.05) is 72.3 Å². The lowest BCUT2D eigenvalue weighted by atomic mass is 9.87. The van der Waals surface area contributed by atoms with Crippen LogP contribution in [0.3, 0.4) is 0 Å². The maximum absolute atomic E-state index is 15.4. The van der Waals surface area contributed by atoms with Gasteiger partial charge in [-0.25, -0.2) is 13.2 Å². The maximum atomic E-state index is 15.4. The zero-order chi connectivity index (χ0) is 35.3. The number of allylic oxidation sites excluding steroid dienone is 2. The molecule has 0 spiro atoms. The van der Waals surface area contributed by atoms with Gasteiger partial charge < -0.3 is 10.6 Å². The molecular weight excluding hydrogens is 653 g/mol. The normalized spacial score (nSPS) is 14.9. The second-order valence-electron chi connectivity index (χ2n) is 12.4. The Hall–Kier alpha value is -4.74. The van der Waals surface area contributed by atoms with Crippen LogP contribution in [-0.4, -0.2) is 43.0 Å². The summed E-state index contributed by atoms with van der Waals surface area (Å²) in [5.41, 5.74) is 6.85. The Kier molecular flexibility index (Phi) is 10.7. The number of aryl methyl sites for hydroxylation is 2. The van der Waals surface area contributed by atoms with Crippen LogP contribution in [0.1, 0.15) is 63.4 Å². The van der Waals surface area contributed by atoms with Crippen molar-refractivity contribution >= 4 is 33.2 Å². The van der Waals surface area contributed by atoms with E-state index in [0.717, 1.165) is 27.8 Å². The van der Waals surface area contributed by atoms with Crippen molar-refractivity contribution in [2.75, 3.05) is 17.6 Å². The lowest BCUT2D eigenvalue weighted by Crippen LogP contribution is -2.28. The number of carbonyl (C=O) groups is 2. The van der Waals surface area contributed by atoms with Gasteiger partial charge in [-0.05, 0) is 89.9 Å². The fraction of sp³-hybridized carbons (Fsp3) is 0.263. The first-order chi connectivity index (χ1) is 23.2. The van der Waals surface area contributed by atoms with Crippen LogP contribution in [0.25, 0.3) is 16.7 Å². The number of rotatable bonds is 11. The average molecular weight is 691 g/mol. The van der Waals surface area contributed by atoms with Crippen LogP contribution in [-0.2, 0) is 21.3 Å². The van der Waals surface area contributed by atoms with Crippen molar-refractivity contribution in [3.05, 3.63) is 130 Å². The summed E-state index contributed by atoms with van der Waals surface area (Å²) in [5.74, 6) is -5.71. The number of alkyl halides is 2. The quantitative estimate of drug-likeness (QED) is 0.139. The van der Waals surface area contributed by atoms with E-state index in [1.54, 1.807) is 48.5 Å². The summed E-state index contributed by atoms with van der Waals surface area (Å²) >= 11 is 0. The van der Waals surface area contributed by atoms with E-state index in [-0.39, 0.29) is 43.5 Å². The zero-order valence-corrected chi connectivity index (χ0v) is 27.9. The van der Waals surface area contributed by atoms with Gasteiger partial charge in [0.05, 0.1) is 17.4 Å². The SMILES string of the molecule is Cc1ccc(-c2ccc(NC(=O)[C@H](Cc3ccc(C(=O)NCCS(=O)(=O)O)cc3)c3ccc(C4=CCC(F)(F)CC4)cc3)c(F)c2)c(C)c1. The summed E-state index contributed by atoms with van der Waals surface area (Å²) in [7, 11) is -4.22. The Morgan fingerprint density at radius 1 is 0.918 bits per heavy atom. The largest absolute Gasteiger partial charge is 0.351 e. The third-order valence-corrected chi connectivity index (χ3v) is 9.35. The van der Waals surface area contributed by atoms with E-state index in [4.69, 9.17) is 4.55 Å². The van der Waals surface area contributed by atoms with E-state index in [0.29, 0.717) is 16.7 Å². The fourth-order valence-corrected chi connectivity index (χ4v) is 6.27. The number of anilines is 1. The predicted octanol–water partition coefficient (Wildman–Crippen LogP) is 7.89. The molecule has 11 heteroatoms. The van der Waals surface area contributed by atoms with Crippen LogP contribution in [0.15, 0.2) is 91.0 Å². The molecule has 256 valence electrons. The number of halogens is 3. The minimum absolute atomic E-state index is 0.0188. The molecule has 2 amide bonds. The zero-order valence-electron chi connectivity index (χ0n) is 27.1. The lowest BCUT2D eigenvalue weighted by molar-refractivity contribution is -0.117. The van der Waals surface area contributed by atoms with Crippen LogP contribution in [0.5, 0.6) is 0 Å². The number of hydrogen-bond donors (Lipinski definition) is 3. The predicted molar refractivity (Wildman–Crippen MR) is 185 cm³/mol. The third kappa shape index (κ3) is 9.45. The summed E-state index contributed by atoms with van der Waals surface area (Å²) in [6.07, 6.45) is 1.43. The van der Waals surface area contributed by atoms with Crippen molar-refractivity contribution in [2.24, 2.45) is 0 Å². The van der Waals surface area contributed by atoms with E-state index in [9.17, 15) is 26.8 Å². The first-order valence-corrected chi connectivity index (χ1v) is 17.5. The fourth-order valence-electron chi connectivity index (χ4n) is 5.91. The molecule has 0 bridgehead atoms. The highest BCUT2D eigenvalue weighted by Gasteiger charge is 2.31. The summed E-state index contributed by atoms with van der Waals surface area (Å²) in [4.78, 5) is 26.3. The molecule has 0 saturated heterocycles. The van der Waals surface area contributed by atoms with Gasteiger partial charge in [0.1, 0.15) is 5.82 Å². The van der Waals surface area contributed by atoms with Crippen molar-refractivity contribution in [1.29, 1.82) is 0 Å². The Morgan fingerprint density at radius 3 is 2.22 bits per heavy atom. The van der Waals surface area contributed by atoms with Crippen LogP contribution < -0.4 is 10.6 Å². The molecule has 4 aromatic carbocycles. The smallest absolute Gasteiger partial charge is 0.266 e. The molecule has 0 saturated carbocycles. The van der Waals surface area contributed by atoms with Crippen molar-refractivity contribution in [3.8, 4) is 11.1 Å². The van der Waals surface area contributed by atoms with Crippen LogP contribution in [0, 0.1) is 19.7 Å². The highest BCUT2D eigenvalue weighted by atomic mass is 32.2. The van der Waals surface area contributed by atoms with Gasteiger partial charge in [0.15, 0.2) is 0 Å². The minimum atomic E-state index is -4.22. The molecule has 7 nitrogen and oxygen atoms in total. The summed E-state index contributed by atoms with van der Waals surface area (Å²) in [6.45, 7) is 3.67. The maximum Gasteiger partial charge on any atom is 0.266 e. The van der Waals surface area contributed by atoms with E-state index in [1.165, 1.54) is 24.3 Å². The molecule has 0 unspecified atom stereocenters. The highest BCUT2D eigenvalue weighted by molar-refractivity contribution is 7.85. The first-order valence-electron chi connectivity index (χ1n) is 15.8. The number of carbonyl (C=O) groups excluding carboxylic acids is 2. The van der Waals surface area contributed by atoms with Crippen molar-refractivity contribution in [2.45, 2.75) is 51.4 Å². The molecule has 0 aromatic heterocycles. The second-order valence-corrected chi connectivity index (χ2v) is 14.0. The Labute approximate surface area is 284 Å². The standard InChI is InChI=1S/C38H37F3N2O5S/c1-24-3-13-32(25(2)21-24)31-12-14-35(34(39)23-31)43-37(45)33(29-10-8-27(9-11-29)28-15-17-38(40,41)18-16-28)22-26-4-6-30(7-5-26)36(44)42-19-20-49(46,47)48/h3-15,21,23,33H,16-20,22H2,1-2H3,(H,42,44)(H,43,45)(H,46,47,48)/t33-/m1/s1. The van der Waals surface area contributed by atoms with Gasteiger partial charge in [0.25, 0.3) is 21.9 Å². The van der Waals surface area contributed by atoms with Crippen molar-refractivity contribution < 1.29 is 35.7 Å². The van der Waals surface area contributed by atoms with Crippen molar-refractivity contribution in [1.82, 2.24) is 5.32 Å². The number of amides is 2. The van der Waals surface area contributed by atoms with Gasteiger partial charge in [-0.3, -0.25) is 14.1 Å². The Bertz CT molecular complexity index is 1990. The summed E-state index contributed by atoms with van der Waals surface area (Å²) in [6, 6.07) is 24.1. The minimum Gasteiger partial charge on any atom is -0.351 e. The van der Waals surface area contributed by atoms with Gasteiger partial charge >= 0.3 is 0 Å². The molecule has 1 atom stereocenters. The van der Waals surface area contributed by atoms with E-state index in [1.807, 2.05) is 32.0 Å². The first kappa shape index (κ1) is 35.6. The number of benzene rings is 4. The molecule has 1 aliphatic carbocycles.